The van der Waals surface area contributed by atoms with Gasteiger partial charge in [0.15, 0.2) is 0 Å². The van der Waals surface area contributed by atoms with Crippen molar-refractivity contribution in [3.63, 3.8) is 0 Å². The first kappa shape index (κ1) is 13.3. The summed E-state index contributed by atoms with van der Waals surface area (Å²) >= 11 is 2.87. The third-order valence-corrected chi connectivity index (χ3v) is 3.99. The number of thiazole rings is 1. The molecule has 0 aliphatic carbocycles. The molecule has 0 fully saturated rings. The highest BCUT2D eigenvalue weighted by Crippen LogP contribution is 2.38. The summed E-state index contributed by atoms with van der Waals surface area (Å²) in [5.74, 6) is 0.474. The van der Waals surface area contributed by atoms with Gasteiger partial charge < -0.3 is 16.2 Å². The smallest absolute Gasteiger partial charge is 0.148 e. The molecule has 2 aromatic heterocycles. The lowest BCUT2D eigenvalue weighted by Gasteiger charge is -2.24. The summed E-state index contributed by atoms with van der Waals surface area (Å²) in [7, 11) is 0. The van der Waals surface area contributed by atoms with Gasteiger partial charge in [0.05, 0.1) is 28.4 Å². The van der Waals surface area contributed by atoms with Crippen LogP contribution in [0.2, 0.25) is 0 Å². The highest BCUT2D eigenvalue weighted by Gasteiger charge is 2.22. The number of hydrogen-bond donors (Lipinski definition) is 3. The molecule has 0 amide bonds. The molecule has 5 nitrogen and oxygen atoms in total. The van der Waals surface area contributed by atoms with Crippen molar-refractivity contribution in [2.75, 3.05) is 17.7 Å². The summed E-state index contributed by atoms with van der Waals surface area (Å²) in [5, 5.41) is 16.4. The van der Waals surface area contributed by atoms with E-state index in [1.807, 2.05) is 26.2 Å². The highest BCUT2D eigenvalue weighted by molar-refractivity contribution is 7.11. The zero-order valence-corrected chi connectivity index (χ0v) is 12.2. The number of aromatic nitrogens is 2. The second-order valence-electron chi connectivity index (χ2n) is 4.69. The van der Waals surface area contributed by atoms with Crippen LogP contribution in [0, 0.1) is 6.92 Å². The molecule has 0 saturated carbocycles. The first-order valence-electron chi connectivity index (χ1n) is 5.49. The first-order valence-corrected chi connectivity index (χ1v) is 7.15. The van der Waals surface area contributed by atoms with E-state index in [-0.39, 0.29) is 6.61 Å². The summed E-state index contributed by atoms with van der Waals surface area (Å²) in [6, 6.07) is 0. The third-order valence-electron chi connectivity index (χ3n) is 2.44. The van der Waals surface area contributed by atoms with Crippen molar-refractivity contribution < 1.29 is 5.11 Å². The maximum atomic E-state index is 9.30. The second kappa shape index (κ2) is 4.83. The number of aryl methyl sites for hydroxylation is 1. The number of nitrogens with two attached hydrogens (primary N) is 1. The molecular formula is C11H16N4OS2. The van der Waals surface area contributed by atoms with Gasteiger partial charge in [0, 0.05) is 5.38 Å². The minimum atomic E-state index is -0.418. The molecule has 0 bridgehead atoms. The summed E-state index contributed by atoms with van der Waals surface area (Å²) in [6.07, 6.45) is 0. The molecule has 2 aromatic rings. The van der Waals surface area contributed by atoms with Gasteiger partial charge in [-0.15, -0.1) is 11.3 Å². The Balaban J connectivity index is 2.39. The Hall–Kier alpha value is -1.18. The van der Waals surface area contributed by atoms with Crippen LogP contribution in [-0.2, 0) is 0 Å². The fourth-order valence-electron chi connectivity index (χ4n) is 1.46. The van der Waals surface area contributed by atoms with Crippen LogP contribution in [0.25, 0.3) is 11.3 Å². The Morgan fingerprint density at radius 2 is 2.22 bits per heavy atom. The number of nitrogens with zero attached hydrogens (tertiary/aromatic N) is 2. The summed E-state index contributed by atoms with van der Waals surface area (Å²) in [5.41, 5.74) is 7.14. The van der Waals surface area contributed by atoms with Crippen LogP contribution >= 0.6 is 22.9 Å². The normalized spacial score (nSPS) is 11.8. The molecule has 0 radical (unpaired) electrons. The molecule has 2 rings (SSSR count). The molecular weight excluding hydrogens is 268 g/mol. The van der Waals surface area contributed by atoms with E-state index in [1.165, 1.54) is 11.5 Å². The number of aliphatic hydroxyl groups is 1. The number of hydrogen-bond acceptors (Lipinski definition) is 7. The van der Waals surface area contributed by atoms with E-state index in [9.17, 15) is 5.11 Å². The van der Waals surface area contributed by atoms with Crippen LogP contribution in [0.4, 0.5) is 10.8 Å². The van der Waals surface area contributed by atoms with Crippen molar-refractivity contribution in [2.24, 2.45) is 0 Å². The Morgan fingerprint density at radius 1 is 1.50 bits per heavy atom. The van der Waals surface area contributed by atoms with Crippen molar-refractivity contribution >= 4 is 33.7 Å². The molecule has 0 spiro atoms. The topological polar surface area (TPSA) is 84.1 Å². The quantitative estimate of drug-likeness (QED) is 0.802. The van der Waals surface area contributed by atoms with Crippen molar-refractivity contribution in [1.82, 2.24) is 9.36 Å². The SMILES string of the molecule is Cc1nc(-c2c(N)nsc2NC(C)(C)CO)cs1. The average molecular weight is 284 g/mol. The molecule has 18 heavy (non-hydrogen) atoms. The first-order chi connectivity index (χ1) is 8.43. The van der Waals surface area contributed by atoms with Crippen LogP contribution in [0.3, 0.4) is 0 Å². The van der Waals surface area contributed by atoms with Gasteiger partial charge in [0.25, 0.3) is 0 Å². The number of nitrogens with one attached hydrogen (secondary N) is 1. The van der Waals surface area contributed by atoms with Gasteiger partial charge >= 0.3 is 0 Å². The Bertz CT molecular complexity index is 547. The van der Waals surface area contributed by atoms with Gasteiger partial charge in [0.2, 0.25) is 0 Å². The predicted octanol–water partition coefficient (Wildman–Crippen LogP) is 2.34. The monoisotopic (exact) mass is 284 g/mol. The van der Waals surface area contributed by atoms with Gasteiger partial charge in [-0.3, -0.25) is 0 Å². The average Bonchev–Trinajstić information content (AvgIpc) is 2.85. The molecule has 2 heterocycles. The maximum Gasteiger partial charge on any atom is 0.148 e. The zero-order chi connectivity index (χ0) is 13.3. The predicted molar refractivity (Wildman–Crippen MR) is 77.2 cm³/mol. The molecule has 0 saturated heterocycles. The Morgan fingerprint density at radius 3 is 2.78 bits per heavy atom. The maximum absolute atomic E-state index is 9.30. The molecule has 7 heteroatoms. The van der Waals surface area contributed by atoms with E-state index < -0.39 is 5.54 Å². The van der Waals surface area contributed by atoms with Crippen LogP contribution in [-0.4, -0.2) is 26.6 Å². The highest BCUT2D eigenvalue weighted by atomic mass is 32.1. The lowest BCUT2D eigenvalue weighted by molar-refractivity contribution is 0.234. The van der Waals surface area contributed by atoms with Gasteiger partial charge in [-0.2, -0.15) is 4.37 Å². The van der Waals surface area contributed by atoms with Crippen molar-refractivity contribution in [3.8, 4) is 11.3 Å². The van der Waals surface area contributed by atoms with E-state index in [0.29, 0.717) is 5.82 Å². The van der Waals surface area contributed by atoms with E-state index in [1.54, 1.807) is 11.3 Å². The Kier molecular flexibility index (Phi) is 3.56. The zero-order valence-electron chi connectivity index (χ0n) is 10.5. The Labute approximate surface area is 114 Å². The van der Waals surface area contributed by atoms with Crippen LogP contribution in [0.5, 0.6) is 0 Å². The molecule has 4 N–H and O–H groups in total. The molecule has 0 atom stereocenters. The van der Waals surface area contributed by atoms with E-state index in [0.717, 1.165) is 21.3 Å². The number of nitrogen functional groups attached to an aromatic ring is 1. The van der Waals surface area contributed by atoms with Crippen LogP contribution in [0.15, 0.2) is 5.38 Å². The summed E-state index contributed by atoms with van der Waals surface area (Å²) < 4.78 is 4.16. The van der Waals surface area contributed by atoms with Crippen molar-refractivity contribution in [2.45, 2.75) is 26.3 Å². The molecule has 98 valence electrons. The number of aliphatic hydroxyl groups excluding tert-OH is 1. The minimum absolute atomic E-state index is 0.0281. The largest absolute Gasteiger partial charge is 0.394 e. The summed E-state index contributed by atoms with van der Waals surface area (Å²) in [6.45, 7) is 5.81. The number of rotatable bonds is 4. The van der Waals surface area contributed by atoms with Crippen molar-refractivity contribution in [3.05, 3.63) is 10.4 Å². The molecule has 0 aromatic carbocycles. The van der Waals surface area contributed by atoms with E-state index >= 15 is 0 Å². The fourth-order valence-corrected chi connectivity index (χ4v) is 2.97. The fraction of sp³-hybridized carbons (Fsp3) is 0.455. The third kappa shape index (κ3) is 2.63. The standard InChI is InChI=1S/C11H16N4OS2/c1-6-13-7(4-17-6)8-9(12)15-18-10(8)14-11(2,3)5-16/h4,14,16H,5H2,1-3H3,(H2,12,15). The van der Waals surface area contributed by atoms with E-state index in [2.05, 4.69) is 14.7 Å². The van der Waals surface area contributed by atoms with Gasteiger partial charge in [-0.25, -0.2) is 4.98 Å². The van der Waals surface area contributed by atoms with Gasteiger partial charge in [-0.05, 0) is 32.3 Å². The molecule has 0 aliphatic rings. The van der Waals surface area contributed by atoms with Gasteiger partial charge in [0.1, 0.15) is 10.8 Å². The van der Waals surface area contributed by atoms with Crippen LogP contribution < -0.4 is 11.1 Å². The number of anilines is 2. The van der Waals surface area contributed by atoms with Gasteiger partial charge in [-0.1, -0.05) is 0 Å². The lowest BCUT2D eigenvalue weighted by Crippen LogP contribution is -2.34. The minimum Gasteiger partial charge on any atom is -0.394 e. The lowest BCUT2D eigenvalue weighted by atomic mass is 10.1. The molecule has 0 aliphatic heterocycles. The van der Waals surface area contributed by atoms with Crippen molar-refractivity contribution in [1.29, 1.82) is 0 Å². The van der Waals surface area contributed by atoms with E-state index in [4.69, 9.17) is 5.73 Å². The summed E-state index contributed by atoms with van der Waals surface area (Å²) in [4.78, 5) is 4.43. The van der Waals surface area contributed by atoms with Crippen LogP contribution in [0.1, 0.15) is 18.9 Å². The second-order valence-corrected chi connectivity index (χ2v) is 6.53. The molecule has 0 unspecified atom stereocenters.